The number of carbonyl (C=O) groups excluding carboxylic acids is 1. The summed E-state index contributed by atoms with van der Waals surface area (Å²) in [5.74, 6) is 0.0375. The fourth-order valence-electron chi connectivity index (χ4n) is 4.52. The quantitative estimate of drug-likeness (QED) is 0.650. The predicted molar refractivity (Wildman–Crippen MR) is 121 cm³/mol. The van der Waals surface area contributed by atoms with Gasteiger partial charge in [0.2, 0.25) is 0 Å². The molecule has 5 rings (SSSR count). The third-order valence-corrected chi connectivity index (χ3v) is 8.91. The van der Waals surface area contributed by atoms with Gasteiger partial charge in [0.1, 0.15) is 4.88 Å². The van der Waals surface area contributed by atoms with Crippen LogP contribution in [0.2, 0.25) is 5.02 Å². The van der Waals surface area contributed by atoms with Crippen LogP contribution in [0.15, 0.2) is 18.2 Å². The highest BCUT2D eigenvalue weighted by atomic mass is 35.5. The van der Waals surface area contributed by atoms with Gasteiger partial charge in [0.05, 0.1) is 16.2 Å². The first kappa shape index (κ1) is 20.8. The topological polar surface area (TPSA) is 48.0 Å². The second-order valence-corrected chi connectivity index (χ2v) is 11.3. The summed E-state index contributed by atoms with van der Waals surface area (Å²) in [5, 5.41) is 1.46. The molecule has 1 spiro atoms. The van der Waals surface area contributed by atoms with Gasteiger partial charge in [-0.25, -0.2) is 0 Å². The smallest absolute Gasteiger partial charge is 0.399 e. The van der Waals surface area contributed by atoms with Crippen LogP contribution in [0.5, 0.6) is 0 Å². The number of thiophene rings is 1. The fraction of sp³-hybridized carbons (Fsp3) is 0.591. The molecule has 5 nitrogen and oxygen atoms in total. The number of carbonyl (C=O) groups is 1. The first-order valence-electron chi connectivity index (χ1n) is 10.6. The lowest BCUT2D eigenvalue weighted by Gasteiger charge is -2.52. The minimum absolute atomic E-state index is 0.0375. The molecule has 0 radical (unpaired) electrons. The van der Waals surface area contributed by atoms with E-state index in [1.165, 1.54) is 11.3 Å². The molecule has 8 heteroatoms. The normalized spacial score (nSPS) is 24.4. The Morgan fingerprint density at radius 2 is 1.73 bits per heavy atom. The van der Waals surface area contributed by atoms with Gasteiger partial charge in [-0.2, -0.15) is 0 Å². The molecule has 0 unspecified atom stereocenters. The summed E-state index contributed by atoms with van der Waals surface area (Å²) in [6.45, 7) is 11.4. The van der Waals surface area contributed by atoms with Crippen LogP contribution < -0.4 is 5.46 Å². The molecule has 0 aliphatic carbocycles. The summed E-state index contributed by atoms with van der Waals surface area (Å²) < 4.78 is 18.8. The van der Waals surface area contributed by atoms with Crippen molar-refractivity contribution in [3.05, 3.63) is 28.1 Å². The zero-order chi connectivity index (χ0) is 21.3. The molecule has 0 saturated carbocycles. The van der Waals surface area contributed by atoms with E-state index in [1.807, 2.05) is 50.8 Å². The Hall–Kier alpha value is -1.12. The molecular weight excluding hydrogens is 421 g/mol. The van der Waals surface area contributed by atoms with Crippen molar-refractivity contribution in [2.45, 2.75) is 51.7 Å². The maximum Gasteiger partial charge on any atom is 0.494 e. The minimum Gasteiger partial charge on any atom is -0.399 e. The maximum atomic E-state index is 13.1. The molecule has 3 aliphatic rings. The lowest BCUT2D eigenvalue weighted by molar-refractivity contribution is -0.0664. The number of hydrogen-bond acceptors (Lipinski definition) is 5. The SMILES string of the molecule is CC1(C)OB(c2ccc3c(Cl)c(C(=O)N4CC5(CCOCC5)C4)sc3c2)OC1(C)C. The number of amides is 1. The van der Waals surface area contributed by atoms with E-state index in [0.717, 1.165) is 54.7 Å². The highest BCUT2D eigenvalue weighted by molar-refractivity contribution is 7.21. The molecule has 4 heterocycles. The van der Waals surface area contributed by atoms with Crippen molar-refractivity contribution in [1.29, 1.82) is 0 Å². The second-order valence-electron chi connectivity index (χ2n) is 9.86. The van der Waals surface area contributed by atoms with Crippen molar-refractivity contribution in [3.8, 4) is 0 Å². The average Bonchev–Trinajstić information content (AvgIpc) is 3.12. The van der Waals surface area contributed by atoms with Crippen LogP contribution in [0.25, 0.3) is 10.1 Å². The van der Waals surface area contributed by atoms with E-state index in [0.29, 0.717) is 9.90 Å². The van der Waals surface area contributed by atoms with E-state index < -0.39 is 18.3 Å². The number of fused-ring (bicyclic) bond motifs is 1. The Bertz CT molecular complexity index is 990. The fourth-order valence-corrected chi connectivity index (χ4v) is 6.04. The van der Waals surface area contributed by atoms with Crippen molar-refractivity contribution in [2.24, 2.45) is 5.41 Å². The summed E-state index contributed by atoms with van der Waals surface area (Å²) in [7, 11) is -0.428. The van der Waals surface area contributed by atoms with Gasteiger partial charge >= 0.3 is 7.12 Å². The molecule has 3 fully saturated rings. The largest absolute Gasteiger partial charge is 0.494 e. The first-order valence-corrected chi connectivity index (χ1v) is 11.7. The monoisotopic (exact) mass is 447 g/mol. The Morgan fingerprint density at radius 3 is 2.37 bits per heavy atom. The number of halogens is 1. The van der Waals surface area contributed by atoms with Gasteiger partial charge in [-0.3, -0.25) is 4.79 Å². The molecule has 3 saturated heterocycles. The zero-order valence-corrected chi connectivity index (χ0v) is 19.5. The molecule has 0 bridgehead atoms. The molecule has 3 aliphatic heterocycles. The Morgan fingerprint density at radius 1 is 1.10 bits per heavy atom. The van der Waals surface area contributed by atoms with E-state index in [9.17, 15) is 4.79 Å². The maximum absolute atomic E-state index is 13.1. The molecular formula is C22H27BClNO4S. The van der Waals surface area contributed by atoms with Crippen LogP contribution >= 0.6 is 22.9 Å². The van der Waals surface area contributed by atoms with E-state index in [2.05, 4.69) is 0 Å². The standard InChI is InChI=1S/C22H27BClNO4S/c1-20(2)21(3,4)29-23(28-20)14-5-6-15-16(11-14)30-18(17(15)24)19(26)25-12-22(13-25)7-9-27-10-8-22/h5-6,11H,7-10,12-13H2,1-4H3. The predicted octanol–water partition coefficient (Wildman–Crippen LogP) is 4.11. The van der Waals surface area contributed by atoms with Gasteiger partial charge in [-0.05, 0) is 52.1 Å². The highest BCUT2D eigenvalue weighted by Crippen LogP contribution is 2.43. The number of likely N-dealkylation sites (tertiary alicyclic amines) is 1. The molecule has 0 atom stereocenters. The summed E-state index contributed by atoms with van der Waals surface area (Å²) >= 11 is 8.10. The van der Waals surface area contributed by atoms with Gasteiger partial charge in [-0.15, -0.1) is 11.3 Å². The lowest BCUT2D eigenvalue weighted by Crippen LogP contribution is -2.60. The second kappa shape index (κ2) is 6.94. The number of hydrogen-bond donors (Lipinski definition) is 0. The summed E-state index contributed by atoms with van der Waals surface area (Å²) in [6, 6.07) is 6.00. The summed E-state index contributed by atoms with van der Waals surface area (Å²) in [4.78, 5) is 15.7. The van der Waals surface area contributed by atoms with Crippen molar-refractivity contribution < 1.29 is 18.8 Å². The van der Waals surface area contributed by atoms with Crippen molar-refractivity contribution in [2.75, 3.05) is 26.3 Å². The molecule has 2 aromatic rings. The van der Waals surface area contributed by atoms with Crippen LogP contribution in [-0.4, -0.2) is 55.4 Å². The van der Waals surface area contributed by atoms with Crippen molar-refractivity contribution >= 4 is 51.5 Å². The third kappa shape index (κ3) is 3.21. The number of ether oxygens (including phenoxy) is 1. The Kier molecular flexibility index (Phi) is 4.81. The third-order valence-electron chi connectivity index (χ3n) is 7.27. The highest BCUT2D eigenvalue weighted by Gasteiger charge is 2.52. The molecule has 1 amide bonds. The van der Waals surface area contributed by atoms with E-state index in [4.69, 9.17) is 25.6 Å². The average molecular weight is 448 g/mol. The van der Waals surface area contributed by atoms with Crippen molar-refractivity contribution in [1.82, 2.24) is 4.90 Å². The van der Waals surface area contributed by atoms with Gasteiger partial charge in [0.25, 0.3) is 5.91 Å². The Balaban J connectivity index is 1.38. The molecule has 1 aromatic carbocycles. The lowest BCUT2D eigenvalue weighted by atomic mass is 9.73. The molecule has 30 heavy (non-hydrogen) atoms. The zero-order valence-electron chi connectivity index (χ0n) is 17.9. The molecule has 160 valence electrons. The number of benzene rings is 1. The van der Waals surface area contributed by atoms with Crippen LogP contribution in [0, 0.1) is 5.41 Å². The van der Waals surface area contributed by atoms with E-state index in [-0.39, 0.29) is 11.3 Å². The van der Waals surface area contributed by atoms with Gasteiger partial charge in [-0.1, -0.05) is 23.7 Å². The minimum atomic E-state index is -0.428. The first-order chi connectivity index (χ1) is 14.1. The summed E-state index contributed by atoms with van der Waals surface area (Å²) in [6.07, 6.45) is 2.07. The molecule has 0 N–H and O–H groups in total. The van der Waals surface area contributed by atoms with Gasteiger partial charge in [0.15, 0.2) is 0 Å². The number of nitrogens with zero attached hydrogens (tertiary/aromatic N) is 1. The van der Waals surface area contributed by atoms with Crippen molar-refractivity contribution in [3.63, 3.8) is 0 Å². The van der Waals surface area contributed by atoms with Crippen LogP contribution in [0.4, 0.5) is 0 Å². The number of rotatable bonds is 2. The van der Waals surface area contributed by atoms with Crippen LogP contribution in [0.3, 0.4) is 0 Å². The van der Waals surface area contributed by atoms with Crippen LogP contribution in [0.1, 0.15) is 50.2 Å². The van der Waals surface area contributed by atoms with Gasteiger partial charge in [0, 0.05) is 41.8 Å². The van der Waals surface area contributed by atoms with E-state index in [1.54, 1.807) is 0 Å². The van der Waals surface area contributed by atoms with Crippen LogP contribution in [-0.2, 0) is 14.0 Å². The summed E-state index contributed by atoms with van der Waals surface area (Å²) in [5.41, 5.74) is 0.418. The Labute approximate surface area is 186 Å². The van der Waals surface area contributed by atoms with E-state index >= 15 is 0 Å². The van der Waals surface area contributed by atoms with Gasteiger partial charge < -0.3 is 18.9 Å². The molecule has 1 aromatic heterocycles.